The predicted molar refractivity (Wildman–Crippen MR) is 146 cm³/mol. The quantitative estimate of drug-likeness (QED) is 0.248. The number of carbonyl (C=O) groups excluding carboxylic acids is 1. The topological polar surface area (TPSA) is 59.0 Å². The fraction of sp³-hybridized carbons (Fsp3) is 0.516. The van der Waals surface area contributed by atoms with Crippen LogP contribution < -0.4 is 0 Å². The van der Waals surface area contributed by atoms with Crippen LogP contribution in [0.5, 0.6) is 0 Å². The average Bonchev–Trinajstić information content (AvgIpc) is 3.32. The highest BCUT2D eigenvalue weighted by atomic mass is 19.1. The van der Waals surface area contributed by atoms with Crippen molar-refractivity contribution < 1.29 is 23.8 Å². The molecule has 2 aromatic carbocycles. The zero-order chi connectivity index (χ0) is 26.6. The first-order valence-corrected chi connectivity index (χ1v) is 13.5. The first kappa shape index (κ1) is 29.0. The lowest BCUT2D eigenvalue weighted by molar-refractivity contribution is -0.140. The number of aliphatic hydroxyl groups is 1. The Morgan fingerprint density at radius 3 is 2.84 bits per heavy atom. The van der Waals surface area contributed by atoms with Crippen molar-refractivity contribution in [3.63, 3.8) is 0 Å². The number of esters is 1. The highest BCUT2D eigenvalue weighted by molar-refractivity contribution is 5.69. The van der Waals surface area contributed by atoms with E-state index in [2.05, 4.69) is 33.9 Å². The third kappa shape index (κ3) is 9.37. The number of β-amino-alcohol motifs (C(OH)–C–C–N with tert-alkyl or cyclic N) is 1. The summed E-state index contributed by atoms with van der Waals surface area (Å²) in [6, 6.07) is 13.9. The first-order chi connectivity index (χ1) is 17.9. The van der Waals surface area contributed by atoms with Gasteiger partial charge in [0.15, 0.2) is 0 Å². The summed E-state index contributed by atoms with van der Waals surface area (Å²) in [7, 11) is 1.42. The normalized spacial score (nSPS) is 17.8. The van der Waals surface area contributed by atoms with Crippen molar-refractivity contribution in [1.82, 2.24) is 4.90 Å². The number of benzene rings is 2. The van der Waals surface area contributed by atoms with Crippen LogP contribution in [-0.4, -0.2) is 54.9 Å². The second kappa shape index (κ2) is 15.0. The number of ether oxygens (including phenoxy) is 2. The SMILES string of the molecule is COC(=O)CCCCC=Cc1ccccc1[C@@H](C)OC[C@H](O)CN1CCC[C@H]1Cc1ccc(C)c(F)c1. The van der Waals surface area contributed by atoms with Gasteiger partial charge in [-0.15, -0.1) is 0 Å². The van der Waals surface area contributed by atoms with Gasteiger partial charge in [0.05, 0.1) is 25.9 Å². The van der Waals surface area contributed by atoms with Crippen molar-refractivity contribution in [2.24, 2.45) is 0 Å². The molecule has 202 valence electrons. The van der Waals surface area contributed by atoms with Crippen LogP contribution >= 0.6 is 0 Å². The number of hydrogen-bond donors (Lipinski definition) is 1. The first-order valence-electron chi connectivity index (χ1n) is 13.5. The second-order valence-electron chi connectivity index (χ2n) is 10.1. The van der Waals surface area contributed by atoms with Crippen molar-refractivity contribution >= 4 is 12.0 Å². The fourth-order valence-corrected chi connectivity index (χ4v) is 4.95. The number of carbonyl (C=O) groups is 1. The lowest BCUT2D eigenvalue weighted by atomic mass is 10.0. The fourth-order valence-electron chi connectivity index (χ4n) is 4.95. The molecule has 1 aliphatic heterocycles. The minimum absolute atomic E-state index is 0.153. The number of aryl methyl sites for hydroxylation is 1. The zero-order valence-corrected chi connectivity index (χ0v) is 22.5. The van der Waals surface area contributed by atoms with Crippen molar-refractivity contribution in [3.8, 4) is 0 Å². The third-order valence-electron chi connectivity index (χ3n) is 7.15. The second-order valence-corrected chi connectivity index (χ2v) is 10.1. The maximum absolute atomic E-state index is 14.0. The van der Waals surface area contributed by atoms with Crippen LogP contribution in [0.1, 0.15) is 73.8 Å². The van der Waals surface area contributed by atoms with Crippen LogP contribution in [0.15, 0.2) is 48.5 Å². The molecule has 0 radical (unpaired) electrons. The molecule has 3 rings (SSSR count). The summed E-state index contributed by atoms with van der Waals surface area (Å²) in [4.78, 5) is 13.5. The summed E-state index contributed by atoms with van der Waals surface area (Å²) >= 11 is 0. The molecule has 6 heteroatoms. The molecular weight excluding hydrogens is 469 g/mol. The van der Waals surface area contributed by atoms with Crippen LogP contribution in [-0.2, 0) is 20.7 Å². The maximum atomic E-state index is 14.0. The van der Waals surface area contributed by atoms with Gasteiger partial charge in [-0.2, -0.15) is 0 Å². The van der Waals surface area contributed by atoms with Crippen molar-refractivity contribution in [2.75, 3.05) is 26.8 Å². The summed E-state index contributed by atoms with van der Waals surface area (Å²) in [5.41, 5.74) is 3.86. The van der Waals surface area contributed by atoms with Gasteiger partial charge in [0, 0.05) is 19.0 Å². The maximum Gasteiger partial charge on any atom is 0.305 e. The Morgan fingerprint density at radius 2 is 2.05 bits per heavy atom. The van der Waals surface area contributed by atoms with Gasteiger partial charge in [0.1, 0.15) is 5.82 Å². The average molecular weight is 512 g/mol. The van der Waals surface area contributed by atoms with Crippen LogP contribution in [0.2, 0.25) is 0 Å². The van der Waals surface area contributed by atoms with Crippen molar-refractivity contribution in [2.45, 2.75) is 77.0 Å². The van der Waals surface area contributed by atoms with Crippen LogP contribution in [0.3, 0.4) is 0 Å². The van der Waals surface area contributed by atoms with Crippen LogP contribution in [0.25, 0.3) is 6.08 Å². The van der Waals surface area contributed by atoms with E-state index in [0.717, 1.165) is 61.8 Å². The summed E-state index contributed by atoms with van der Waals surface area (Å²) < 4.78 is 24.7. The van der Waals surface area contributed by atoms with E-state index < -0.39 is 6.10 Å². The molecule has 0 aromatic heterocycles. The largest absolute Gasteiger partial charge is 0.469 e. The summed E-state index contributed by atoms with van der Waals surface area (Å²) in [6.07, 6.45) is 9.53. The van der Waals surface area contributed by atoms with E-state index in [-0.39, 0.29) is 24.5 Å². The molecule has 1 saturated heterocycles. The molecule has 1 fully saturated rings. The molecule has 1 N–H and O–H groups in total. The molecule has 1 aliphatic rings. The highest BCUT2D eigenvalue weighted by Gasteiger charge is 2.27. The Kier molecular flexibility index (Phi) is 11.8. The predicted octanol–water partition coefficient (Wildman–Crippen LogP) is 6.03. The van der Waals surface area contributed by atoms with Gasteiger partial charge >= 0.3 is 5.97 Å². The van der Waals surface area contributed by atoms with Gasteiger partial charge < -0.3 is 14.6 Å². The Bertz CT molecular complexity index is 1020. The molecular formula is C31H42FNO4. The summed E-state index contributed by atoms with van der Waals surface area (Å²) in [5, 5.41) is 10.7. The number of nitrogens with zero attached hydrogens (tertiary/aromatic N) is 1. The van der Waals surface area contributed by atoms with E-state index in [1.807, 2.05) is 31.2 Å². The lowest BCUT2D eigenvalue weighted by Crippen LogP contribution is -2.39. The molecule has 2 aromatic rings. The monoisotopic (exact) mass is 511 g/mol. The van der Waals surface area contributed by atoms with E-state index in [0.29, 0.717) is 24.6 Å². The summed E-state index contributed by atoms with van der Waals surface area (Å²) in [5.74, 6) is -0.317. The van der Waals surface area contributed by atoms with Crippen LogP contribution in [0.4, 0.5) is 4.39 Å². The molecule has 0 aliphatic carbocycles. The number of rotatable bonds is 14. The lowest BCUT2D eigenvalue weighted by Gasteiger charge is -2.27. The smallest absolute Gasteiger partial charge is 0.305 e. The van der Waals surface area contributed by atoms with E-state index in [1.165, 1.54) is 7.11 Å². The van der Waals surface area contributed by atoms with Gasteiger partial charge in [0.2, 0.25) is 0 Å². The minimum Gasteiger partial charge on any atom is -0.469 e. The van der Waals surface area contributed by atoms with Gasteiger partial charge in [-0.05, 0) is 87.2 Å². The number of hydrogen-bond acceptors (Lipinski definition) is 5. The number of likely N-dealkylation sites (tertiary alicyclic amines) is 1. The van der Waals surface area contributed by atoms with E-state index in [4.69, 9.17) is 4.74 Å². The molecule has 37 heavy (non-hydrogen) atoms. The Balaban J connectivity index is 1.46. The van der Waals surface area contributed by atoms with Crippen LogP contribution in [0, 0.1) is 12.7 Å². The molecule has 0 bridgehead atoms. The van der Waals surface area contributed by atoms with E-state index in [9.17, 15) is 14.3 Å². The Hall–Kier alpha value is -2.54. The van der Waals surface area contributed by atoms with Crippen molar-refractivity contribution in [3.05, 3.63) is 76.6 Å². The van der Waals surface area contributed by atoms with Gasteiger partial charge in [-0.1, -0.05) is 48.6 Å². The number of aliphatic hydroxyl groups excluding tert-OH is 1. The minimum atomic E-state index is -0.588. The molecule has 0 amide bonds. The Labute approximate surface area is 221 Å². The number of halogens is 1. The molecule has 3 atom stereocenters. The highest BCUT2D eigenvalue weighted by Crippen LogP contribution is 2.25. The Morgan fingerprint density at radius 1 is 1.24 bits per heavy atom. The number of methoxy groups -OCH3 is 1. The number of allylic oxidation sites excluding steroid dienone is 1. The number of unbranched alkanes of at least 4 members (excludes halogenated alkanes) is 2. The van der Waals surface area contributed by atoms with Gasteiger partial charge in [-0.3, -0.25) is 9.69 Å². The molecule has 0 unspecified atom stereocenters. The van der Waals surface area contributed by atoms with E-state index >= 15 is 0 Å². The molecule has 0 spiro atoms. The van der Waals surface area contributed by atoms with Gasteiger partial charge in [-0.25, -0.2) is 4.39 Å². The molecule has 0 saturated carbocycles. The summed E-state index contributed by atoms with van der Waals surface area (Å²) in [6.45, 7) is 5.55. The van der Waals surface area contributed by atoms with Gasteiger partial charge in [0.25, 0.3) is 0 Å². The third-order valence-corrected chi connectivity index (χ3v) is 7.15. The standard InChI is InChI=1S/C31H42FNO4/c1-23-16-17-25(20-30(23)32)19-27-13-10-18-33(27)21-28(34)22-37-24(2)29-14-9-8-12-26(29)11-6-4-5-7-15-31(35)36-3/h6,8-9,11-12,14,16-17,20,24,27-28,34H,4-5,7,10,13,15,18-19,21-22H2,1-3H3/t24-,27+,28-/m1/s1. The van der Waals surface area contributed by atoms with E-state index in [1.54, 1.807) is 13.0 Å². The van der Waals surface area contributed by atoms with Crippen molar-refractivity contribution in [1.29, 1.82) is 0 Å². The molecule has 5 nitrogen and oxygen atoms in total. The zero-order valence-electron chi connectivity index (χ0n) is 22.5. The molecule has 1 heterocycles.